The van der Waals surface area contributed by atoms with Crippen LogP contribution >= 0.6 is 11.6 Å². The van der Waals surface area contributed by atoms with Crippen molar-refractivity contribution < 1.29 is 19.1 Å². The molecule has 6 heteroatoms. The molecule has 136 valence electrons. The maximum atomic E-state index is 11.0. The number of primary amides is 1. The summed E-state index contributed by atoms with van der Waals surface area (Å²) in [7, 11) is 1.37. The fraction of sp³-hybridized carbons (Fsp3) is 0.474. The van der Waals surface area contributed by atoms with Crippen LogP contribution in [0.3, 0.4) is 0 Å². The van der Waals surface area contributed by atoms with E-state index in [4.69, 9.17) is 22.1 Å². The van der Waals surface area contributed by atoms with E-state index in [1.807, 2.05) is 13.0 Å². The lowest BCUT2D eigenvalue weighted by molar-refractivity contribution is -0.140. The summed E-state index contributed by atoms with van der Waals surface area (Å²) in [6, 6.07) is 5.31. The number of benzene rings is 1. The Balaban J connectivity index is 2.53. The number of rotatable bonds is 9. The molecule has 5 nitrogen and oxygen atoms in total. The Kier molecular flexibility index (Phi) is 9.49. The first-order chi connectivity index (χ1) is 11.9. The SMILES string of the molecule is COC(=O)CCCC#Cc1cc(Cl)cc(OC[C@@H](C)CCC(N)=O)c1. The van der Waals surface area contributed by atoms with Crippen molar-refractivity contribution in [1.29, 1.82) is 0 Å². The average Bonchev–Trinajstić information content (AvgIpc) is 2.57. The number of hydrogen-bond acceptors (Lipinski definition) is 4. The van der Waals surface area contributed by atoms with E-state index in [1.54, 1.807) is 12.1 Å². The van der Waals surface area contributed by atoms with Gasteiger partial charge in [-0.3, -0.25) is 9.59 Å². The Morgan fingerprint density at radius 3 is 2.72 bits per heavy atom. The molecule has 0 saturated carbocycles. The smallest absolute Gasteiger partial charge is 0.305 e. The van der Waals surface area contributed by atoms with Crippen LogP contribution in [0.25, 0.3) is 0 Å². The highest BCUT2D eigenvalue weighted by Gasteiger charge is 2.07. The van der Waals surface area contributed by atoms with Crippen molar-refractivity contribution in [2.24, 2.45) is 11.7 Å². The largest absolute Gasteiger partial charge is 0.493 e. The molecular formula is C19H24ClNO4. The molecule has 0 spiro atoms. The molecule has 1 aromatic carbocycles. The monoisotopic (exact) mass is 365 g/mol. The van der Waals surface area contributed by atoms with E-state index in [1.165, 1.54) is 7.11 Å². The molecule has 0 bridgehead atoms. The average molecular weight is 366 g/mol. The Hall–Kier alpha value is -2.19. The predicted molar refractivity (Wildman–Crippen MR) is 97.3 cm³/mol. The lowest BCUT2D eigenvalue weighted by atomic mass is 10.1. The van der Waals surface area contributed by atoms with Gasteiger partial charge in [-0.15, -0.1) is 0 Å². The molecule has 25 heavy (non-hydrogen) atoms. The summed E-state index contributed by atoms with van der Waals surface area (Å²) in [5.41, 5.74) is 5.90. The van der Waals surface area contributed by atoms with Gasteiger partial charge in [-0.2, -0.15) is 0 Å². The highest BCUT2D eigenvalue weighted by molar-refractivity contribution is 6.30. The Bertz CT molecular complexity index is 649. The van der Waals surface area contributed by atoms with Crippen LogP contribution in [-0.2, 0) is 14.3 Å². The van der Waals surface area contributed by atoms with Crippen LogP contribution in [-0.4, -0.2) is 25.6 Å². The zero-order valence-corrected chi connectivity index (χ0v) is 15.4. The lowest BCUT2D eigenvalue weighted by Crippen LogP contribution is -2.15. The van der Waals surface area contributed by atoms with Crippen LogP contribution < -0.4 is 10.5 Å². The molecule has 1 rings (SSSR count). The van der Waals surface area contributed by atoms with Gasteiger partial charge in [0, 0.05) is 29.8 Å². The van der Waals surface area contributed by atoms with Gasteiger partial charge in [0.15, 0.2) is 0 Å². The van der Waals surface area contributed by atoms with Gasteiger partial charge >= 0.3 is 5.97 Å². The zero-order chi connectivity index (χ0) is 18.7. The summed E-state index contributed by atoms with van der Waals surface area (Å²) >= 11 is 6.10. The number of carbonyl (C=O) groups is 2. The quantitative estimate of drug-likeness (QED) is 0.413. The van der Waals surface area contributed by atoms with Gasteiger partial charge < -0.3 is 15.2 Å². The van der Waals surface area contributed by atoms with Crippen LogP contribution in [0.5, 0.6) is 5.75 Å². The number of carbonyl (C=O) groups excluding carboxylic acids is 2. The van der Waals surface area contributed by atoms with E-state index < -0.39 is 0 Å². The van der Waals surface area contributed by atoms with Crippen molar-refractivity contribution in [3.63, 3.8) is 0 Å². The van der Waals surface area contributed by atoms with E-state index in [9.17, 15) is 9.59 Å². The van der Waals surface area contributed by atoms with Gasteiger partial charge in [-0.1, -0.05) is 30.4 Å². The third-order valence-corrected chi connectivity index (χ3v) is 3.65. The van der Waals surface area contributed by atoms with Crippen LogP contribution in [0.15, 0.2) is 18.2 Å². The predicted octanol–water partition coefficient (Wildman–Crippen LogP) is 3.32. The number of nitrogens with two attached hydrogens (primary N) is 1. The number of hydrogen-bond donors (Lipinski definition) is 1. The topological polar surface area (TPSA) is 78.6 Å². The second-order valence-electron chi connectivity index (χ2n) is 5.83. The third-order valence-electron chi connectivity index (χ3n) is 3.43. The molecule has 1 aromatic rings. The fourth-order valence-corrected chi connectivity index (χ4v) is 2.24. The van der Waals surface area contributed by atoms with Crippen molar-refractivity contribution in [3.8, 4) is 17.6 Å². The molecule has 0 fully saturated rings. The Morgan fingerprint density at radius 2 is 2.04 bits per heavy atom. The number of ether oxygens (including phenoxy) is 2. The summed E-state index contributed by atoms with van der Waals surface area (Å²) in [6.07, 6.45) is 2.65. The molecule has 2 N–H and O–H groups in total. The van der Waals surface area contributed by atoms with Crippen molar-refractivity contribution >= 4 is 23.5 Å². The summed E-state index contributed by atoms with van der Waals surface area (Å²) in [5.74, 6) is 6.33. The summed E-state index contributed by atoms with van der Waals surface area (Å²) < 4.78 is 10.3. The first-order valence-corrected chi connectivity index (χ1v) is 8.56. The minimum Gasteiger partial charge on any atom is -0.493 e. The maximum absolute atomic E-state index is 11.0. The molecule has 0 aliphatic carbocycles. The highest BCUT2D eigenvalue weighted by atomic mass is 35.5. The number of halogens is 1. The van der Waals surface area contributed by atoms with Gasteiger partial charge in [0.2, 0.25) is 5.91 Å². The van der Waals surface area contributed by atoms with Crippen molar-refractivity contribution in [3.05, 3.63) is 28.8 Å². The molecule has 0 heterocycles. The van der Waals surface area contributed by atoms with E-state index in [0.717, 1.165) is 5.56 Å². The fourth-order valence-electron chi connectivity index (χ4n) is 2.02. The van der Waals surface area contributed by atoms with E-state index in [2.05, 4.69) is 16.6 Å². The number of unbranched alkanes of at least 4 members (excludes halogenated alkanes) is 1. The van der Waals surface area contributed by atoms with Gasteiger partial charge in [-0.25, -0.2) is 0 Å². The lowest BCUT2D eigenvalue weighted by Gasteiger charge is -2.12. The molecule has 0 saturated heterocycles. The molecular weight excluding hydrogens is 342 g/mol. The third kappa shape index (κ3) is 9.63. The number of amides is 1. The van der Waals surface area contributed by atoms with Crippen LogP contribution in [0.4, 0.5) is 0 Å². The van der Waals surface area contributed by atoms with Gasteiger partial charge in [0.25, 0.3) is 0 Å². The van der Waals surface area contributed by atoms with E-state index >= 15 is 0 Å². The molecule has 0 radical (unpaired) electrons. The Labute approximate surface area is 153 Å². The molecule has 0 unspecified atom stereocenters. The highest BCUT2D eigenvalue weighted by Crippen LogP contribution is 2.21. The summed E-state index contributed by atoms with van der Waals surface area (Å²) in [5, 5.41) is 0.543. The van der Waals surface area contributed by atoms with E-state index in [0.29, 0.717) is 49.5 Å². The maximum Gasteiger partial charge on any atom is 0.305 e. The summed E-state index contributed by atoms with van der Waals surface area (Å²) in [4.78, 5) is 21.8. The second kappa shape index (κ2) is 11.4. The first kappa shape index (κ1) is 20.9. The normalized spacial score (nSPS) is 11.2. The second-order valence-corrected chi connectivity index (χ2v) is 6.26. The summed E-state index contributed by atoms with van der Waals surface area (Å²) in [6.45, 7) is 2.47. The zero-order valence-electron chi connectivity index (χ0n) is 14.6. The number of esters is 1. The molecule has 0 aromatic heterocycles. The van der Waals surface area contributed by atoms with Gasteiger partial charge in [-0.05, 0) is 37.0 Å². The molecule has 0 aliphatic heterocycles. The van der Waals surface area contributed by atoms with Crippen LogP contribution in [0, 0.1) is 17.8 Å². The van der Waals surface area contributed by atoms with Crippen molar-refractivity contribution in [2.75, 3.05) is 13.7 Å². The Morgan fingerprint density at radius 1 is 1.28 bits per heavy atom. The number of methoxy groups -OCH3 is 1. The molecule has 0 aliphatic rings. The minimum atomic E-state index is -0.306. The van der Waals surface area contributed by atoms with Crippen LogP contribution in [0.2, 0.25) is 5.02 Å². The first-order valence-electron chi connectivity index (χ1n) is 8.18. The van der Waals surface area contributed by atoms with Crippen molar-refractivity contribution in [2.45, 2.75) is 39.0 Å². The van der Waals surface area contributed by atoms with E-state index in [-0.39, 0.29) is 17.8 Å². The molecule has 1 atom stereocenters. The molecule has 1 amide bonds. The van der Waals surface area contributed by atoms with Gasteiger partial charge in [0.1, 0.15) is 5.75 Å². The van der Waals surface area contributed by atoms with Gasteiger partial charge in [0.05, 0.1) is 13.7 Å². The minimum absolute atomic E-state index is 0.208. The standard InChI is InChI=1S/C19H24ClNO4/c1-14(8-9-18(21)22)13-25-17-11-15(10-16(20)12-17)6-4-3-5-7-19(23)24-2/h10-12,14H,3,5,7-9,13H2,1-2H3,(H2,21,22)/t14-/m0/s1. The van der Waals surface area contributed by atoms with Crippen molar-refractivity contribution in [1.82, 2.24) is 0 Å². The van der Waals surface area contributed by atoms with Crippen LogP contribution in [0.1, 0.15) is 44.6 Å².